The molecule has 1 atom stereocenters. The Morgan fingerprint density at radius 2 is 1.77 bits per heavy atom. The average molecular weight is 397 g/mol. The van der Waals surface area contributed by atoms with Crippen molar-refractivity contribution in [2.75, 3.05) is 25.5 Å². The van der Waals surface area contributed by atoms with Crippen molar-refractivity contribution in [3.05, 3.63) is 46.4 Å². The van der Waals surface area contributed by atoms with E-state index in [9.17, 15) is 0 Å². The maximum atomic E-state index is 6.41. The van der Waals surface area contributed by atoms with E-state index in [-0.39, 0.29) is 5.96 Å². The maximum Gasteiger partial charge on any atom is 0.189 e. The first kappa shape index (κ1) is 20.1. The standard InChI is InChI=1S/C17H22Cl2N6O/c1-23-6-7-26-12-4-2-10(3-5-12)15-13(18)8-11(9-14(15)19)24-17(22)25-16(20)21/h2-5,8-9,17,23-24H,6-7,22H2,1H3,(H4,20,21,25). The van der Waals surface area contributed by atoms with Crippen molar-refractivity contribution in [2.24, 2.45) is 22.2 Å². The molecule has 0 aliphatic rings. The second-order valence-electron chi connectivity index (χ2n) is 5.43. The molecule has 8 N–H and O–H groups in total. The lowest BCUT2D eigenvalue weighted by Crippen LogP contribution is -2.33. The number of nitrogens with zero attached hydrogens (tertiary/aromatic N) is 1. The highest BCUT2D eigenvalue weighted by molar-refractivity contribution is 6.39. The molecule has 9 heteroatoms. The molecule has 2 aromatic carbocycles. The number of hydrogen-bond donors (Lipinski definition) is 5. The number of halogens is 2. The maximum absolute atomic E-state index is 6.41. The predicted octanol–water partition coefficient (Wildman–Crippen LogP) is 2.19. The van der Waals surface area contributed by atoms with Gasteiger partial charge in [0.25, 0.3) is 0 Å². The van der Waals surface area contributed by atoms with E-state index >= 15 is 0 Å². The molecule has 0 saturated carbocycles. The molecular weight excluding hydrogens is 375 g/mol. The number of aliphatic imine (C=N–C) groups is 1. The third kappa shape index (κ3) is 5.67. The second-order valence-corrected chi connectivity index (χ2v) is 6.25. The fourth-order valence-electron chi connectivity index (χ4n) is 2.28. The van der Waals surface area contributed by atoms with Gasteiger partial charge in [-0.2, -0.15) is 0 Å². The summed E-state index contributed by atoms with van der Waals surface area (Å²) in [5.41, 5.74) is 18.6. The van der Waals surface area contributed by atoms with Gasteiger partial charge in [0.15, 0.2) is 12.2 Å². The summed E-state index contributed by atoms with van der Waals surface area (Å²) < 4.78 is 5.61. The molecule has 2 aromatic rings. The number of nitrogens with one attached hydrogen (secondary N) is 2. The summed E-state index contributed by atoms with van der Waals surface area (Å²) in [6.07, 6.45) is -0.799. The fourth-order valence-corrected chi connectivity index (χ4v) is 2.99. The van der Waals surface area contributed by atoms with Crippen molar-refractivity contribution in [1.82, 2.24) is 5.32 Å². The number of hydrogen-bond acceptors (Lipinski definition) is 5. The summed E-state index contributed by atoms with van der Waals surface area (Å²) >= 11 is 12.8. The molecular formula is C17H22Cl2N6O. The SMILES string of the molecule is CNCCOc1ccc(-c2c(Cl)cc(NC(N)N=C(N)N)cc2Cl)cc1. The van der Waals surface area contributed by atoms with Gasteiger partial charge in [0.05, 0.1) is 10.0 Å². The molecule has 0 spiro atoms. The number of nitrogens with two attached hydrogens (primary N) is 3. The molecule has 0 radical (unpaired) electrons. The molecule has 0 saturated heterocycles. The van der Waals surface area contributed by atoms with Crippen LogP contribution < -0.4 is 32.6 Å². The van der Waals surface area contributed by atoms with Crippen LogP contribution in [0.2, 0.25) is 10.0 Å². The Hall–Kier alpha value is -2.19. The lowest BCUT2D eigenvalue weighted by atomic mass is 10.0. The van der Waals surface area contributed by atoms with Crippen molar-refractivity contribution >= 4 is 34.8 Å². The Bertz CT molecular complexity index is 739. The highest BCUT2D eigenvalue weighted by Gasteiger charge is 2.12. The summed E-state index contributed by atoms with van der Waals surface area (Å²) in [5, 5.41) is 6.88. The van der Waals surface area contributed by atoms with Crippen molar-refractivity contribution in [3.63, 3.8) is 0 Å². The quantitative estimate of drug-likeness (QED) is 0.201. The van der Waals surface area contributed by atoms with Crippen molar-refractivity contribution in [3.8, 4) is 16.9 Å². The Morgan fingerprint density at radius 3 is 2.31 bits per heavy atom. The van der Waals surface area contributed by atoms with Gasteiger partial charge in [0.1, 0.15) is 12.4 Å². The van der Waals surface area contributed by atoms with Crippen LogP contribution in [-0.4, -0.2) is 32.4 Å². The van der Waals surface area contributed by atoms with Crippen LogP contribution in [0.3, 0.4) is 0 Å². The lowest BCUT2D eigenvalue weighted by Gasteiger charge is -2.15. The first-order valence-electron chi connectivity index (χ1n) is 7.88. The highest BCUT2D eigenvalue weighted by Crippen LogP contribution is 2.38. The first-order valence-corrected chi connectivity index (χ1v) is 8.64. The summed E-state index contributed by atoms with van der Waals surface area (Å²) in [6, 6.07) is 11.0. The zero-order chi connectivity index (χ0) is 19.1. The van der Waals surface area contributed by atoms with Gasteiger partial charge in [0, 0.05) is 17.8 Å². The summed E-state index contributed by atoms with van der Waals surface area (Å²) in [5.74, 6) is 0.661. The van der Waals surface area contributed by atoms with Gasteiger partial charge in [-0.3, -0.25) is 5.73 Å². The van der Waals surface area contributed by atoms with Crippen molar-refractivity contribution in [1.29, 1.82) is 0 Å². The lowest BCUT2D eigenvalue weighted by molar-refractivity contribution is 0.318. The number of anilines is 1. The molecule has 0 heterocycles. The Labute approximate surface area is 162 Å². The van der Waals surface area contributed by atoms with Gasteiger partial charge in [-0.15, -0.1) is 0 Å². The van der Waals surface area contributed by atoms with Crippen LogP contribution in [0.4, 0.5) is 5.69 Å². The van der Waals surface area contributed by atoms with Crippen LogP contribution in [0.5, 0.6) is 5.75 Å². The Balaban J connectivity index is 2.18. The van der Waals surface area contributed by atoms with Crippen LogP contribution in [0, 0.1) is 0 Å². The Morgan fingerprint density at radius 1 is 1.15 bits per heavy atom. The van der Waals surface area contributed by atoms with E-state index in [1.807, 2.05) is 31.3 Å². The Kier molecular flexibility index (Phi) is 7.35. The minimum Gasteiger partial charge on any atom is -0.492 e. The molecule has 0 aliphatic heterocycles. The third-order valence-corrected chi connectivity index (χ3v) is 4.00. The third-order valence-electron chi connectivity index (χ3n) is 3.41. The van der Waals surface area contributed by atoms with E-state index in [4.69, 9.17) is 45.1 Å². The molecule has 2 rings (SSSR count). The molecule has 1 unspecified atom stereocenters. The highest BCUT2D eigenvalue weighted by atomic mass is 35.5. The minimum atomic E-state index is -0.799. The number of guanidine groups is 1. The summed E-state index contributed by atoms with van der Waals surface area (Å²) in [7, 11) is 1.87. The van der Waals surface area contributed by atoms with E-state index < -0.39 is 6.29 Å². The van der Waals surface area contributed by atoms with E-state index in [0.717, 1.165) is 23.4 Å². The second kappa shape index (κ2) is 9.49. The van der Waals surface area contributed by atoms with Crippen molar-refractivity contribution in [2.45, 2.75) is 6.29 Å². The van der Waals surface area contributed by atoms with Gasteiger partial charge in [0.2, 0.25) is 0 Å². The largest absolute Gasteiger partial charge is 0.492 e. The minimum absolute atomic E-state index is 0.115. The first-order chi connectivity index (χ1) is 12.4. The number of ether oxygens (including phenoxy) is 1. The molecule has 0 fully saturated rings. The summed E-state index contributed by atoms with van der Waals surface area (Å²) in [6.45, 7) is 1.36. The van der Waals surface area contributed by atoms with E-state index in [0.29, 0.717) is 22.3 Å². The van der Waals surface area contributed by atoms with Gasteiger partial charge in [-0.1, -0.05) is 35.3 Å². The molecule has 0 aliphatic carbocycles. The number of likely N-dealkylation sites (N-methyl/N-ethyl adjacent to an activating group) is 1. The van der Waals surface area contributed by atoms with E-state index in [1.165, 1.54) is 0 Å². The van der Waals surface area contributed by atoms with Gasteiger partial charge >= 0.3 is 0 Å². The topological polar surface area (TPSA) is 124 Å². The van der Waals surface area contributed by atoms with Crippen LogP contribution in [-0.2, 0) is 0 Å². The van der Waals surface area contributed by atoms with Crippen molar-refractivity contribution < 1.29 is 4.74 Å². The smallest absolute Gasteiger partial charge is 0.189 e. The molecule has 26 heavy (non-hydrogen) atoms. The van der Waals surface area contributed by atoms with Crippen LogP contribution in [0.25, 0.3) is 11.1 Å². The van der Waals surface area contributed by atoms with Crippen LogP contribution in [0.15, 0.2) is 41.4 Å². The summed E-state index contributed by atoms with van der Waals surface area (Å²) in [4.78, 5) is 3.79. The molecule has 0 aromatic heterocycles. The molecule has 0 bridgehead atoms. The zero-order valence-corrected chi connectivity index (χ0v) is 15.8. The monoisotopic (exact) mass is 396 g/mol. The van der Waals surface area contributed by atoms with Crippen LogP contribution >= 0.6 is 23.2 Å². The predicted molar refractivity (Wildman–Crippen MR) is 109 cm³/mol. The normalized spacial score (nSPS) is 11.7. The van der Waals surface area contributed by atoms with Crippen LogP contribution in [0.1, 0.15) is 0 Å². The number of benzene rings is 2. The zero-order valence-electron chi connectivity index (χ0n) is 14.3. The molecule has 140 valence electrons. The van der Waals surface area contributed by atoms with E-state index in [1.54, 1.807) is 12.1 Å². The van der Waals surface area contributed by atoms with Gasteiger partial charge < -0.3 is 26.8 Å². The fraction of sp³-hybridized carbons (Fsp3) is 0.235. The average Bonchev–Trinajstić information content (AvgIpc) is 2.55. The van der Waals surface area contributed by atoms with Gasteiger partial charge in [-0.25, -0.2) is 4.99 Å². The van der Waals surface area contributed by atoms with E-state index in [2.05, 4.69) is 15.6 Å². The molecule has 7 nitrogen and oxygen atoms in total. The van der Waals surface area contributed by atoms with Gasteiger partial charge in [-0.05, 0) is 36.9 Å². The molecule has 0 amide bonds. The number of rotatable bonds is 8.